The molecule has 1 fully saturated rings. The van der Waals surface area contributed by atoms with Crippen LogP contribution in [-0.4, -0.2) is 35.0 Å². The molecule has 0 aromatic carbocycles. The maximum atomic E-state index is 11.7. The van der Waals surface area contributed by atoms with Gasteiger partial charge in [0.25, 0.3) is 5.91 Å². The largest absolute Gasteiger partial charge is 0.326 e. The SMILES string of the molecule is CC[C@H](N)CN1C(=O)NC(C)(C)C1=O. The highest BCUT2D eigenvalue weighted by molar-refractivity contribution is 6.06. The molecule has 1 heterocycles. The van der Waals surface area contributed by atoms with Gasteiger partial charge >= 0.3 is 6.03 Å². The molecule has 0 aliphatic carbocycles. The fourth-order valence-electron chi connectivity index (χ4n) is 1.35. The second-order valence-corrected chi connectivity index (χ2v) is 4.14. The minimum Gasteiger partial charge on any atom is -0.326 e. The lowest BCUT2D eigenvalue weighted by Crippen LogP contribution is -2.43. The van der Waals surface area contributed by atoms with Crippen LogP contribution in [0.25, 0.3) is 0 Å². The van der Waals surface area contributed by atoms with Gasteiger partial charge in [0.1, 0.15) is 5.54 Å². The first-order valence-corrected chi connectivity index (χ1v) is 4.78. The first-order valence-electron chi connectivity index (χ1n) is 4.78. The van der Waals surface area contributed by atoms with Crippen molar-refractivity contribution in [3.8, 4) is 0 Å². The van der Waals surface area contributed by atoms with Crippen LogP contribution in [0.15, 0.2) is 0 Å². The van der Waals surface area contributed by atoms with Crippen LogP contribution in [0.3, 0.4) is 0 Å². The van der Waals surface area contributed by atoms with Gasteiger partial charge < -0.3 is 11.1 Å². The summed E-state index contributed by atoms with van der Waals surface area (Å²) in [6, 6.07) is -0.484. The Hall–Kier alpha value is -1.10. The average molecular weight is 199 g/mol. The van der Waals surface area contributed by atoms with Crippen molar-refractivity contribution >= 4 is 11.9 Å². The summed E-state index contributed by atoms with van der Waals surface area (Å²) >= 11 is 0. The maximum Gasteiger partial charge on any atom is 0.325 e. The van der Waals surface area contributed by atoms with E-state index >= 15 is 0 Å². The van der Waals surface area contributed by atoms with Crippen molar-refractivity contribution in [1.82, 2.24) is 10.2 Å². The van der Waals surface area contributed by atoms with E-state index in [0.717, 1.165) is 6.42 Å². The fraction of sp³-hybridized carbons (Fsp3) is 0.778. The lowest BCUT2D eigenvalue weighted by atomic mass is 10.1. The number of hydrogen-bond donors (Lipinski definition) is 2. The first-order chi connectivity index (χ1) is 6.38. The number of hydrogen-bond acceptors (Lipinski definition) is 3. The van der Waals surface area contributed by atoms with E-state index < -0.39 is 5.54 Å². The lowest BCUT2D eigenvalue weighted by Gasteiger charge is -2.18. The van der Waals surface area contributed by atoms with Crippen LogP contribution in [0.2, 0.25) is 0 Å². The number of rotatable bonds is 3. The number of nitrogens with two attached hydrogens (primary N) is 1. The molecule has 0 saturated carbocycles. The highest BCUT2D eigenvalue weighted by Gasteiger charge is 2.44. The number of amides is 3. The number of nitrogens with one attached hydrogen (secondary N) is 1. The van der Waals surface area contributed by atoms with Gasteiger partial charge in [0.05, 0.1) is 0 Å². The van der Waals surface area contributed by atoms with E-state index in [2.05, 4.69) is 5.32 Å². The third-order valence-corrected chi connectivity index (χ3v) is 2.39. The molecule has 80 valence electrons. The Morgan fingerprint density at radius 2 is 2.07 bits per heavy atom. The van der Waals surface area contributed by atoms with Gasteiger partial charge in [-0.15, -0.1) is 0 Å². The van der Waals surface area contributed by atoms with Crippen LogP contribution in [0.4, 0.5) is 4.79 Å². The molecule has 3 N–H and O–H groups in total. The van der Waals surface area contributed by atoms with Crippen molar-refractivity contribution < 1.29 is 9.59 Å². The van der Waals surface area contributed by atoms with Crippen molar-refractivity contribution in [2.24, 2.45) is 5.73 Å². The molecule has 0 bridgehead atoms. The van der Waals surface area contributed by atoms with Gasteiger partial charge in [-0.2, -0.15) is 0 Å². The number of carbonyl (C=O) groups is 2. The van der Waals surface area contributed by atoms with Gasteiger partial charge in [-0.05, 0) is 20.3 Å². The van der Waals surface area contributed by atoms with E-state index in [0.29, 0.717) is 6.54 Å². The minimum atomic E-state index is -0.787. The van der Waals surface area contributed by atoms with E-state index in [1.54, 1.807) is 13.8 Å². The van der Waals surface area contributed by atoms with Crippen LogP contribution in [0.1, 0.15) is 27.2 Å². The molecule has 0 unspecified atom stereocenters. The molecule has 1 aliphatic heterocycles. The van der Waals surface area contributed by atoms with Crippen molar-refractivity contribution in [1.29, 1.82) is 0 Å². The van der Waals surface area contributed by atoms with Gasteiger partial charge in [0.2, 0.25) is 0 Å². The Kier molecular flexibility index (Phi) is 2.80. The summed E-state index contributed by atoms with van der Waals surface area (Å²) in [5, 5.41) is 2.60. The number of imide groups is 1. The van der Waals surface area contributed by atoms with E-state index in [9.17, 15) is 9.59 Å². The molecule has 1 atom stereocenters. The molecule has 0 spiro atoms. The molecule has 3 amide bonds. The first kappa shape index (κ1) is 11.0. The molecular formula is C9H17N3O2. The highest BCUT2D eigenvalue weighted by Crippen LogP contribution is 2.16. The molecule has 0 radical (unpaired) electrons. The van der Waals surface area contributed by atoms with Gasteiger partial charge in [-0.1, -0.05) is 6.92 Å². The normalized spacial score (nSPS) is 22.4. The maximum absolute atomic E-state index is 11.7. The molecular weight excluding hydrogens is 182 g/mol. The lowest BCUT2D eigenvalue weighted by molar-refractivity contribution is -0.130. The zero-order valence-corrected chi connectivity index (χ0v) is 8.83. The van der Waals surface area contributed by atoms with Gasteiger partial charge in [0.15, 0.2) is 0 Å². The van der Waals surface area contributed by atoms with Gasteiger partial charge in [0, 0.05) is 12.6 Å². The highest BCUT2D eigenvalue weighted by atomic mass is 16.2. The van der Waals surface area contributed by atoms with Gasteiger partial charge in [-0.3, -0.25) is 9.69 Å². The molecule has 5 nitrogen and oxygen atoms in total. The molecule has 14 heavy (non-hydrogen) atoms. The third-order valence-electron chi connectivity index (χ3n) is 2.39. The molecule has 1 saturated heterocycles. The average Bonchev–Trinajstić information content (AvgIpc) is 2.28. The Morgan fingerprint density at radius 1 is 1.50 bits per heavy atom. The Bertz CT molecular complexity index is 263. The fourth-order valence-corrected chi connectivity index (χ4v) is 1.35. The summed E-state index contributed by atoms with van der Waals surface area (Å²) in [6.45, 7) is 5.59. The molecule has 1 aliphatic rings. The predicted molar refractivity (Wildman–Crippen MR) is 52.6 cm³/mol. The Morgan fingerprint density at radius 3 is 2.43 bits per heavy atom. The van der Waals surface area contributed by atoms with Crippen LogP contribution in [-0.2, 0) is 4.79 Å². The zero-order chi connectivity index (χ0) is 10.9. The quantitative estimate of drug-likeness (QED) is 0.631. The van der Waals surface area contributed by atoms with E-state index in [1.807, 2.05) is 6.92 Å². The molecule has 5 heteroatoms. The van der Waals surface area contributed by atoms with Crippen LogP contribution in [0.5, 0.6) is 0 Å². The van der Waals surface area contributed by atoms with Crippen LogP contribution < -0.4 is 11.1 Å². The van der Waals surface area contributed by atoms with Crippen molar-refractivity contribution in [3.63, 3.8) is 0 Å². The summed E-state index contributed by atoms with van der Waals surface area (Å²) in [7, 11) is 0. The van der Waals surface area contributed by atoms with E-state index in [1.165, 1.54) is 4.90 Å². The number of carbonyl (C=O) groups excluding carboxylic acids is 2. The monoisotopic (exact) mass is 199 g/mol. The summed E-state index contributed by atoms with van der Waals surface area (Å²) in [6.07, 6.45) is 0.748. The van der Waals surface area contributed by atoms with Crippen molar-refractivity contribution in [3.05, 3.63) is 0 Å². The van der Waals surface area contributed by atoms with Crippen LogP contribution >= 0.6 is 0 Å². The van der Waals surface area contributed by atoms with Crippen molar-refractivity contribution in [2.45, 2.75) is 38.8 Å². The minimum absolute atomic E-state index is 0.140. The smallest absolute Gasteiger partial charge is 0.325 e. The second kappa shape index (κ2) is 3.57. The Balaban J connectivity index is 2.71. The number of nitrogens with zero attached hydrogens (tertiary/aromatic N) is 1. The second-order valence-electron chi connectivity index (χ2n) is 4.14. The zero-order valence-electron chi connectivity index (χ0n) is 8.83. The standard InChI is InChI=1S/C9H17N3O2/c1-4-6(10)5-12-7(13)9(2,3)11-8(12)14/h6H,4-5,10H2,1-3H3,(H,11,14)/t6-/m0/s1. The summed E-state index contributed by atoms with van der Waals surface area (Å²) in [5.74, 6) is -0.202. The summed E-state index contributed by atoms with van der Waals surface area (Å²) in [4.78, 5) is 24.3. The topological polar surface area (TPSA) is 75.4 Å². The summed E-state index contributed by atoms with van der Waals surface area (Å²) in [5.41, 5.74) is 4.90. The number of urea groups is 1. The Labute approximate surface area is 83.6 Å². The van der Waals surface area contributed by atoms with E-state index in [4.69, 9.17) is 5.73 Å². The van der Waals surface area contributed by atoms with E-state index in [-0.39, 0.29) is 18.0 Å². The third kappa shape index (κ3) is 1.87. The van der Waals surface area contributed by atoms with Crippen LogP contribution in [0, 0.1) is 0 Å². The molecule has 0 aromatic rings. The van der Waals surface area contributed by atoms with Gasteiger partial charge in [-0.25, -0.2) is 4.79 Å². The molecule has 0 aromatic heterocycles. The van der Waals surface area contributed by atoms with Crippen molar-refractivity contribution in [2.75, 3.05) is 6.54 Å². The molecule has 1 rings (SSSR count). The predicted octanol–water partition coefficient (Wildman–Crippen LogP) is 0.0541. The summed E-state index contributed by atoms with van der Waals surface area (Å²) < 4.78 is 0.